The Morgan fingerprint density at radius 3 is 2.24 bits per heavy atom. The summed E-state index contributed by atoms with van der Waals surface area (Å²) in [6.07, 6.45) is 2.25. The number of Topliss-reactive ketones (excluding diaryl/α,β-unsaturated/α-hetero) is 1. The number of fused-ring (bicyclic) bond motifs is 3. The third-order valence-corrected chi connectivity index (χ3v) is 7.74. The quantitative estimate of drug-likeness (QED) is 0.372. The fraction of sp³-hybridized carbons (Fsp3) is 0.370. The third-order valence-electron chi connectivity index (χ3n) is 7.74. The molecule has 4 atom stereocenters. The standard InChI is InChI=1S/C27H25NO9/c1-11-7-17(30)16-10-15-13(5-6-14-20(15)26(33)28(25(14)32)27(34)37-4)21(22(16)24(11)31)23-18(35-2)8-12(29)9-19(23)36-3/h5,7-9,14-15,20-21,29H,6,10H2,1-4H3/t14-,15+,20-,21-/m0/s1. The second kappa shape index (κ2) is 8.72. The number of phenolic OH excluding ortho intramolecular Hbond substituents is 1. The van der Waals surface area contributed by atoms with E-state index in [9.17, 15) is 29.1 Å². The molecule has 1 N–H and O–H groups in total. The minimum atomic E-state index is -1.05. The molecule has 0 aromatic heterocycles. The Balaban J connectivity index is 1.75. The van der Waals surface area contributed by atoms with Gasteiger partial charge in [-0.3, -0.25) is 19.2 Å². The second-order valence-electron chi connectivity index (χ2n) is 9.47. The molecular weight excluding hydrogens is 482 g/mol. The summed E-state index contributed by atoms with van der Waals surface area (Å²) in [5.41, 5.74) is 1.86. The Kier molecular flexibility index (Phi) is 5.77. The van der Waals surface area contributed by atoms with Crippen LogP contribution in [0.4, 0.5) is 4.79 Å². The molecule has 1 fully saturated rings. The number of amides is 3. The number of phenols is 1. The number of ketones is 2. The summed E-state index contributed by atoms with van der Waals surface area (Å²) in [5, 5.41) is 10.2. The molecule has 1 heterocycles. The highest BCUT2D eigenvalue weighted by molar-refractivity contribution is 6.24. The SMILES string of the molecule is COC(=O)N1C(=O)[C@H]2[C@H](CC=C3[C@H](c4c(OC)cc(O)cc4OC)C4=C(C[C@H]32)C(=O)C=C(C)C4=O)C1=O. The summed E-state index contributed by atoms with van der Waals surface area (Å²) < 4.78 is 15.8. The van der Waals surface area contributed by atoms with E-state index in [2.05, 4.69) is 4.74 Å². The molecule has 1 aromatic carbocycles. The van der Waals surface area contributed by atoms with Gasteiger partial charge in [0.05, 0.1) is 33.2 Å². The molecular formula is C27H25NO9. The van der Waals surface area contributed by atoms with E-state index in [1.807, 2.05) is 6.08 Å². The zero-order valence-electron chi connectivity index (χ0n) is 20.7. The predicted molar refractivity (Wildman–Crippen MR) is 127 cm³/mol. The van der Waals surface area contributed by atoms with Crippen molar-refractivity contribution < 1.29 is 43.3 Å². The van der Waals surface area contributed by atoms with Crippen LogP contribution < -0.4 is 9.47 Å². The van der Waals surface area contributed by atoms with Crippen LogP contribution in [0.25, 0.3) is 0 Å². The number of allylic oxidation sites excluding steroid dienone is 6. The first-order chi connectivity index (χ1) is 17.6. The number of carbonyl (C=O) groups excluding carboxylic acids is 5. The van der Waals surface area contributed by atoms with Crippen molar-refractivity contribution in [2.75, 3.05) is 21.3 Å². The van der Waals surface area contributed by atoms with Gasteiger partial charge in [-0.1, -0.05) is 11.6 Å². The first-order valence-corrected chi connectivity index (χ1v) is 11.7. The normalized spacial score (nSPS) is 26.8. The Labute approximate surface area is 212 Å². The van der Waals surface area contributed by atoms with Crippen molar-refractivity contribution in [3.8, 4) is 17.2 Å². The third kappa shape index (κ3) is 3.42. The smallest absolute Gasteiger partial charge is 0.423 e. The highest BCUT2D eigenvalue weighted by atomic mass is 16.5. The Hall–Kier alpha value is -4.21. The number of likely N-dealkylation sites (tertiary alicyclic amines) is 1. The molecule has 1 aromatic rings. The van der Waals surface area contributed by atoms with Gasteiger partial charge in [0.15, 0.2) is 11.6 Å². The monoisotopic (exact) mass is 507 g/mol. The molecule has 192 valence electrons. The molecule has 5 rings (SSSR count). The van der Waals surface area contributed by atoms with Crippen LogP contribution in [0.5, 0.6) is 17.2 Å². The minimum Gasteiger partial charge on any atom is -0.508 e. The van der Waals surface area contributed by atoms with Crippen molar-refractivity contribution in [2.24, 2.45) is 17.8 Å². The number of hydrogen-bond donors (Lipinski definition) is 1. The molecule has 37 heavy (non-hydrogen) atoms. The van der Waals surface area contributed by atoms with Gasteiger partial charge in [-0.05, 0) is 31.8 Å². The fourth-order valence-corrected chi connectivity index (χ4v) is 6.17. The summed E-state index contributed by atoms with van der Waals surface area (Å²) in [4.78, 5) is 66.0. The topological polar surface area (TPSA) is 137 Å². The zero-order chi connectivity index (χ0) is 26.8. The highest BCUT2D eigenvalue weighted by Gasteiger charge is 2.58. The van der Waals surface area contributed by atoms with Gasteiger partial charge in [0, 0.05) is 40.3 Å². The Morgan fingerprint density at radius 1 is 1.00 bits per heavy atom. The largest absolute Gasteiger partial charge is 0.508 e. The fourth-order valence-electron chi connectivity index (χ4n) is 6.17. The van der Waals surface area contributed by atoms with Crippen molar-refractivity contribution in [3.05, 3.63) is 52.1 Å². The number of nitrogens with zero attached hydrogens (tertiary/aromatic N) is 1. The molecule has 10 nitrogen and oxygen atoms in total. The first kappa shape index (κ1) is 24.5. The lowest BCUT2D eigenvalue weighted by Crippen LogP contribution is -2.40. The van der Waals surface area contributed by atoms with Crippen LogP contribution in [0.3, 0.4) is 0 Å². The number of benzene rings is 1. The van der Waals surface area contributed by atoms with Crippen LogP contribution in [0.15, 0.2) is 46.6 Å². The van der Waals surface area contributed by atoms with E-state index in [-0.39, 0.29) is 58.4 Å². The van der Waals surface area contributed by atoms with Crippen LogP contribution >= 0.6 is 0 Å². The average Bonchev–Trinajstić information content (AvgIpc) is 3.14. The van der Waals surface area contributed by atoms with E-state index in [0.29, 0.717) is 16.0 Å². The van der Waals surface area contributed by atoms with Gasteiger partial charge in [-0.25, -0.2) is 4.79 Å². The summed E-state index contributed by atoms with van der Waals surface area (Å²) in [7, 11) is 3.91. The van der Waals surface area contributed by atoms with Crippen LogP contribution in [-0.2, 0) is 23.9 Å². The van der Waals surface area contributed by atoms with E-state index >= 15 is 0 Å². The van der Waals surface area contributed by atoms with Crippen LogP contribution in [0.2, 0.25) is 0 Å². The molecule has 0 saturated carbocycles. The maximum atomic E-state index is 13.5. The Bertz CT molecular complexity index is 1360. The molecule has 1 saturated heterocycles. The second-order valence-corrected chi connectivity index (χ2v) is 9.47. The zero-order valence-corrected chi connectivity index (χ0v) is 20.7. The highest BCUT2D eigenvalue weighted by Crippen LogP contribution is 2.58. The molecule has 0 radical (unpaired) electrons. The van der Waals surface area contributed by atoms with Crippen LogP contribution in [0, 0.1) is 17.8 Å². The van der Waals surface area contributed by atoms with Crippen LogP contribution in [0.1, 0.15) is 31.2 Å². The maximum absolute atomic E-state index is 13.5. The van der Waals surface area contributed by atoms with Gasteiger partial charge in [0.1, 0.15) is 17.2 Å². The van der Waals surface area contributed by atoms with Crippen molar-refractivity contribution in [1.82, 2.24) is 4.90 Å². The van der Waals surface area contributed by atoms with Gasteiger partial charge in [0.2, 0.25) is 11.8 Å². The summed E-state index contributed by atoms with van der Waals surface area (Å²) >= 11 is 0. The van der Waals surface area contributed by atoms with E-state index in [1.165, 1.54) is 32.4 Å². The van der Waals surface area contributed by atoms with Crippen molar-refractivity contribution in [2.45, 2.75) is 25.7 Å². The number of ether oxygens (including phenoxy) is 3. The summed E-state index contributed by atoms with van der Waals surface area (Å²) in [6.45, 7) is 1.57. The molecule has 10 heteroatoms. The van der Waals surface area contributed by atoms with E-state index in [0.717, 1.165) is 7.11 Å². The number of rotatable bonds is 3. The van der Waals surface area contributed by atoms with Gasteiger partial charge in [-0.15, -0.1) is 0 Å². The molecule has 0 spiro atoms. The van der Waals surface area contributed by atoms with E-state index in [1.54, 1.807) is 6.92 Å². The van der Waals surface area contributed by atoms with E-state index < -0.39 is 41.6 Å². The predicted octanol–water partition coefficient (Wildman–Crippen LogP) is 2.61. The van der Waals surface area contributed by atoms with Crippen molar-refractivity contribution >= 4 is 29.5 Å². The summed E-state index contributed by atoms with van der Waals surface area (Å²) in [6, 6.07) is 2.77. The molecule has 0 unspecified atom stereocenters. The average molecular weight is 507 g/mol. The molecule has 3 aliphatic carbocycles. The van der Waals surface area contributed by atoms with Gasteiger partial charge in [0.25, 0.3) is 0 Å². The molecule has 0 bridgehead atoms. The number of aromatic hydroxyl groups is 1. The van der Waals surface area contributed by atoms with Gasteiger partial charge < -0.3 is 19.3 Å². The lowest BCUT2D eigenvalue weighted by Gasteiger charge is -2.42. The number of imide groups is 3. The minimum absolute atomic E-state index is 0.0595. The molecule has 3 amide bonds. The number of hydrogen-bond acceptors (Lipinski definition) is 9. The number of carbonyl (C=O) groups is 5. The lowest BCUT2D eigenvalue weighted by atomic mass is 9.59. The maximum Gasteiger partial charge on any atom is 0.423 e. The van der Waals surface area contributed by atoms with Crippen molar-refractivity contribution in [3.63, 3.8) is 0 Å². The van der Waals surface area contributed by atoms with Gasteiger partial charge in [-0.2, -0.15) is 4.90 Å². The molecule has 4 aliphatic rings. The van der Waals surface area contributed by atoms with E-state index in [4.69, 9.17) is 9.47 Å². The van der Waals surface area contributed by atoms with Crippen molar-refractivity contribution in [1.29, 1.82) is 0 Å². The Morgan fingerprint density at radius 2 is 1.65 bits per heavy atom. The number of methoxy groups -OCH3 is 3. The van der Waals surface area contributed by atoms with Gasteiger partial charge >= 0.3 is 6.09 Å². The first-order valence-electron chi connectivity index (χ1n) is 11.7. The molecule has 1 aliphatic heterocycles. The van der Waals surface area contributed by atoms with Crippen LogP contribution in [-0.4, -0.2) is 60.8 Å². The lowest BCUT2D eigenvalue weighted by molar-refractivity contribution is -0.137. The summed E-state index contributed by atoms with van der Waals surface area (Å²) in [5.74, 6) is -4.84.